The summed E-state index contributed by atoms with van der Waals surface area (Å²) in [5.41, 5.74) is -2.54. The predicted molar refractivity (Wildman–Crippen MR) is 118 cm³/mol. The van der Waals surface area contributed by atoms with Gasteiger partial charge in [0.2, 0.25) is 0 Å². The summed E-state index contributed by atoms with van der Waals surface area (Å²) in [5.74, 6) is -4.22. The van der Waals surface area contributed by atoms with Crippen LogP contribution in [0, 0.1) is 23.2 Å². The zero-order chi connectivity index (χ0) is 25.6. The first-order valence-electron chi connectivity index (χ1n) is 11.9. The lowest BCUT2D eigenvalue weighted by molar-refractivity contribution is -0.219. The lowest BCUT2D eigenvalue weighted by Gasteiger charge is -2.53. The normalized spacial score (nSPS) is 53.4. The van der Waals surface area contributed by atoms with Crippen molar-refractivity contribution in [2.75, 3.05) is 5.88 Å². The molecule has 3 heterocycles. The van der Waals surface area contributed by atoms with Gasteiger partial charge in [0.1, 0.15) is 30.5 Å². The van der Waals surface area contributed by atoms with Gasteiger partial charge in [-0.3, -0.25) is 14.4 Å². The molecule has 0 bridgehead atoms. The summed E-state index contributed by atoms with van der Waals surface area (Å²) in [6.07, 6.45) is -4.93. The van der Waals surface area contributed by atoms with Crippen molar-refractivity contribution in [3.8, 4) is 0 Å². The van der Waals surface area contributed by atoms with E-state index in [-0.39, 0.29) is 5.88 Å². The van der Waals surface area contributed by atoms with Crippen LogP contribution in [0.15, 0.2) is 11.6 Å². The van der Waals surface area contributed by atoms with Crippen molar-refractivity contribution in [1.82, 2.24) is 0 Å². The largest absolute Gasteiger partial charge is 0.459 e. The average molecular weight is 515 g/mol. The number of esters is 3. The number of hydrogen-bond donors (Lipinski definition) is 2. The first-order valence-corrected chi connectivity index (χ1v) is 12.4. The van der Waals surface area contributed by atoms with Gasteiger partial charge in [0.15, 0.2) is 11.7 Å². The van der Waals surface area contributed by atoms with E-state index in [1.807, 2.05) is 0 Å². The Labute approximate surface area is 207 Å². The van der Waals surface area contributed by atoms with Gasteiger partial charge in [-0.15, -0.1) is 11.6 Å². The van der Waals surface area contributed by atoms with Crippen LogP contribution in [-0.4, -0.2) is 88.4 Å². The first-order chi connectivity index (χ1) is 16.4. The fourth-order valence-corrected chi connectivity index (χ4v) is 7.10. The summed E-state index contributed by atoms with van der Waals surface area (Å²) >= 11 is 6.19. The van der Waals surface area contributed by atoms with Gasteiger partial charge in [-0.1, -0.05) is 13.8 Å². The van der Waals surface area contributed by atoms with Crippen LogP contribution in [0.4, 0.5) is 0 Å². The molecule has 3 aliphatic heterocycles. The number of ether oxygens (including phenoxy) is 5. The highest BCUT2D eigenvalue weighted by Gasteiger charge is 2.76. The van der Waals surface area contributed by atoms with Crippen molar-refractivity contribution in [3.63, 3.8) is 0 Å². The van der Waals surface area contributed by atoms with Gasteiger partial charge in [0.25, 0.3) is 0 Å². The van der Waals surface area contributed by atoms with Crippen molar-refractivity contribution in [1.29, 1.82) is 0 Å². The molecule has 11 heteroatoms. The van der Waals surface area contributed by atoms with E-state index in [1.54, 1.807) is 19.9 Å². The second-order valence-corrected chi connectivity index (χ2v) is 11.0. The number of hydrogen-bond acceptors (Lipinski definition) is 10. The molecule has 4 fully saturated rings. The Morgan fingerprint density at radius 2 is 1.80 bits per heavy atom. The molecular weight excluding hydrogens is 484 g/mol. The molecular formula is C24H31ClO10. The highest BCUT2D eigenvalue weighted by molar-refractivity contribution is 6.19. The predicted octanol–water partition coefficient (Wildman–Crippen LogP) is 0.489. The van der Waals surface area contributed by atoms with Gasteiger partial charge in [0.05, 0.1) is 18.1 Å². The van der Waals surface area contributed by atoms with Gasteiger partial charge in [-0.2, -0.15) is 0 Å². The molecule has 194 valence electrons. The number of halogens is 1. The molecule has 5 rings (SSSR count). The fourth-order valence-electron chi connectivity index (χ4n) is 6.86. The van der Waals surface area contributed by atoms with Crippen LogP contribution < -0.4 is 0 Å². The van der Waals surface area contributed by atoms with Crippen LogP contribution in [0.5, 0.6) is 0 Å². The van der Waals surface area contributed by atoms with Crippen molar-refractivity contribution in [2.24, 2.45) is 23.2 Å². The van der Waals surface area contributed by atoms with E-state index in [1.165, 1.54) is 20.8 Å². The highest BCUT2D eigenvalue weighted by atomic mass is 35.5. The Morgan fingerprint density at radius 3 is 2.40 bits per heavy atom. The molecule has 0 spiro atoms. The molecule has 0 radical (unpaired) electrons. The van der Waals surface area contributed by atoms with E-state index >= 15 is 0 Å². The van der Waals surface area contributed by atoms with E-state index in [0.29, 0.717) is 5.57 Å². The molecule has 3 saturated heterocycles. The summed E-state index contributed by atoms with van der Waals surface area (Å²) in [6.45, 7) is 7.61. The average Bonchev–Trinajstić information content (AvgIpc) is 3.69. The molecule has 0 unspecified atom stereocenters. The van der Waals surface area contributed by atoms with Gasteiger partial charge < -0.3 is 33.9 Å². The molecule has 10 nitrogen and oxygen atoms in total. The number of fused-ring (bicyclic) bond motifs is 5. The van der Waals surface area contributed by atoms with Crippen LogP contribution in [-0.2, 0) is 38.1 Å². The number of epoxide rings is 2. The molecule has 2 N–H and O–H groups in total. The van der Waals surface area contributed by atoms with Crippen LogP contribution in [0.2, 0.25) is 0 Å². The second kappa shape index (κ2) is 8.14. The SMILES string of the molecule is CC(=O)O[C@@H]1[C@H](C)[C@@H]2[C@H](OC(C)=O)[C@@]3(O)[C@H](/C=C(/CCl)[C@H]4O[C@H]4[C@H](O)[C@@]2(C)[C@H]2O[C@@H]12)OC(=O)[C@@H]3C. The number of aliphatic hydroxyl groups is 2. The van der Waals surface area contributed by atoms with Crippen molar-refractivity contribution in [2.45, 2.75) is 89.1 Å². The minimum absolute atomic E-state index is 0.0260. The number of rotatable bonds is 3. The smallest absolute Gasteiger partial charge is 0.312 e. The van der Waals surface area contributed by atoms with Crippen LogP contribution in [0.3, 0.4) is 0 Å². The van der Waals surface area contributed by atoms with Gasteiger partial charge >= 0.3 is 17.9 Å². The summed E-state index contributed by atoms with van der Waals surface area (Å²) in [5, 5.41) is 23.9. The molecule has 5 aliphatic rings. The van der Waals surface area contributed by atoms with Crippen LogP contribution in [0.25, 0.3) is 0 Å². The summed E-state index contributed by atoms with van der Waals surface area (Å²) in [4.78, 5) is 37.1. The lowest BCUT2D eigenvalue weighted by atomic mass is 9.53. The quantitative estimate of drug-likeness (QED) is 0.179. The van der Waals surface area contributed by atoms with E-state index in [0.717, 1.165) is 0 Å². The van der Waals surface area contributed by atoms with Gasteiger partial charge in [-0.05, 0) is 18.6 Å². The topological polar surface area (TPSA) is 144 Å². The number of carbonyl (C=O) groups excluding carboxylic acids is 3. The minimum Gasteiger partial charge on any atom is -0.459 e. The maximum Gasteiger partial charge on any atom is 0.312 e. The third-order valence-corrected chi connectivity index (χ3v) is 9.06. The maximum absolute atomic E-state index is 12.8. The van der Waals surface area contributed by atoms with Gasteiger partial charge in [-0.25, -0.2) is 0 Å². The second-order valence-electron chi connectivity index (χ2n) is 10.7. The molecule has 0 amide bonds. The molecule has 0 aromatic heterocycles. The lowest BCUT2D eigenvalue weighted by Crippen LogP contribution is -2.67. The minimum atomic E-state index is -2.00. The van der Waals surface area contributed by atoms with Gasteiger partial charge in [0, 0.05) is 37.0 Å². The first kappa shape index (κ1) is 25.0. The van der Waals surface area contributed by atoms with E-state index in [2.05, 4.69) is 0 Å². The summed E-state index contributed by atoms with van der Waals surface area (Å²) < 4.78 is 28.8. The summed E-state index contributed by atoms with van der Waals surface area (Å²) in [6, 6.07) is 0. The number of carbonyl (C=O) groups is 3. The maximum atomic E-state index is 12.8. The van der Waals surface area contributed by atoms with E-state index in [9.17, 15) is 24.6 Å². The summed E-state index contributed by atoms with van der Waals surface area (Å²) in [7, 11) is 0. The Hall–Kier alpha value is -1.72. The Morgan fingerprint density at radius 1 is 1.14 bits per heavy atom. The standard InChI is InChI=1S/C24H31ClO10/c1-8-14-20(32-11(4)27)24(30)9(2)22(29)33-13(24)6-12(7-25)16-17(34-16)19(28)23(14,5)21-18(35-21)15(8)31-10(3)26/h6,8-9,13-21,28,30H,7H2,1-5H3/b12-6-/t8-,9+,13+,14-,15-,16-,17-,18+,19+,20+,21+,23+,24+/m1/s1. The van der Waals surface area contributed by atoms with Crippen LogP contribution >= 0.6 is 11.6 Å². The zero-order valence-corrected chi connectivity index (χ0v) is 20.9. The van der Waals surface area contributed by atoms with E-state index < -0.39 is 95.5 Å². The van der Waals surface area contributed by atoms with Crippen molar-refractivity contribution < 1.29 is 48.3 Å². The fraction of sp³-hybridized carbons (Fsp3) is 0.792. The Balaban J connectivity index is 1.72. The molecule has 1 saturated carbocycles. The van der Waals surface area contributed by atoms with E-state index in [4.69, 9.17) is 35.3 Å². The third-order valence-electron chi connectivity index (χ3n) is 8.75. The molecule has 0 aromatic carbocycles. The van der Waals surface area contributed by atoms with Crippen LogP contribution in [0.1, 0.15) is 34.6 Å². The molecule has 0 aromatic rings. The zero-order valence-electron chi connectivity index (χ0n) is 20.2. The number of aliphatic hydroxyl groups excluding tert-OH is 1. The third kappa shape index (κ3) is 3.48. The molecule has 13 atom stereocenters. The Bertz CT molecular complexity index is 983. The highest BCUT2D eigenvalue weighted by Crippen LogP contribution is 2.62. The number of alkyl halides is 1. The molecule has 2 aliphatic carbocycles. The Kier molecular flexibility index (Phi) is 5.80. The monoisotopic (exact) mass is 514 g/mol. The molecule has 35 heavy (non-hydrogen) atoms. The van der Waals surface area contributed by atoms with Crippen molar-refractivity contribution >= 4 is 29.5 Å². The van der Waals surface area contributed by atoms with Crippen molar-refractivity contribution in [3.05, 3.63) is 11.6 Å².